The monoisotopic (exact) mass is 158 g/mol. The molecule has 1 heterocycles. The van der Waals surface area contributed by atoms with Crippen LogP contribution in [0.4, 0.5) is 0 Å². The molecule has 0 bridgehead atoms. The summed E-state index contributed by atoms with van der Waals surface area (Å²) in [5.41, 5.74) is 0.278. The number of hydrogen-bond donors (Lipinski definition) is 0. The molecular weight excluding hydrogens is 140 g/mol. The predicted molar refractivity (Wildman–Crippen MR) is 44.1 cm³/mol. The average molecular weight is 158 g/mol. The van der Waals surface area contributed by atoms with Crippen molar-refractivity contribution in [3.05, 3.63) is 0 Å². The fraction of sp³-hybridized carbons (Fsp3) is 1.00. The fourth-order valence-corrected chi connectivity index (χ4v) is 1.61. The van der Waals surface area contributed by atoms with Gasteiger partial charge in [-0.15, -0.1) is 0 Å². The Morgan fingerprint density at radius 1 is 1.27 bits per heavy atom. The molecule has 1 aliphatic rings. The van der Waals surface area contributed by atoms with Crippen molar-refractivity contribution in [2.24, 2.45) is 11.3 Å². The van der Waals surface area contributed by atoms with Crippen LogP contribution < -0.4 is 0 Å². The molecule has 66 valence electrons. The highest BCUT2D eigenvalue weighted by molar-refractivity contribution is 4.71. The molecule has 11 heavy (non-hydrogen) atoms. The second kappa shape index (κ2) is 3.55. The first-order chi connectivity index (χ1) is 5.10. The normalized spacial score (nSPS) is 32.5. The highest BCUT2D eigenvalue weighted by atomic mass is 17.2. The predicted octanol–water partition coefficient (Wildman–Crippen LogP) is 2.39. The van der Waals surface area contributed by atoms with E-state index in [0.717, 1.165) is 25.6 Å². The SMILES string of the molecule is CC1CCOOCC(C)(C)C1. The maximum absolute atomic E-state index is 5.04. The summed E-state index contributed by atoms with van der Waals surface area (Å²) < 4.78 is 0. The number of rotatable bonds is 0. The van der Waals surface area contributed by atoms with Crippen LogP contribution in [0.3, 0.4) is 0 Å². The Kier molecular flexibility index (Phi) is 2.90. The summed E-state index contributed by atoms with van der Waals surface area (Å²) in [6.45, 7) is 8.18. The van der Waals surface area contributed by atoms with E-state index in [1.807, 2.05) is 0 Å². The highest BCUT2D eigenvalue weighted by Gasteiger charge is 2.23. The van der Waals surface area contributed by atoms with Gasteiger partial charge in [-0.3, -0.25) is 0 Å². The van der Waals surface area contributed by atoms with Crippen molar-refractivity contribution in [3.8, 4) is 0 Å². The van der Waals surface area contributed by atoms with Gasteiger partial charge >= 0.3 is 0 Å². The molecule has 1 rings (SSSR count). The summed E-state index contributed by atoms with van der Waals surface area (Å²) in [5.74, 6) is 0.758. The van der Waals surface area contributed by atoms with Gasteiger partial charge in [-0.05, 0) is 24.2 Å². The van der Waals surface area contributed by atoms with E-state index in [-0.39, 0.29) is 5.41 Å². The smallest absolute Gasteiger partial charge is 0.0873 e. The Morgan fingerprint density at radius 2 is 2.00 bits per heavy atom. The lowest BCUT2D eigenvalue weighted by atomic mass is 9.83. The third-order valence-electron chi connectivity index (χ3n) is 2.13. The van der Waals surface area contributed by atoms with Crippen LogP contribution >= 0.6 is 0 Å². The zero-order chi connectivity index (χ0) is 8.32. The maximum Gasteiger partial charge on any atom is 0.0873 e. The van der Waals surface area contributed by atoms with Gasteiger partial charge in [0.15, 0.2) is 0 Å². The van der Waals surface area contributed by atoms with Crippen LogP contribution in [0, 0.1) is 11.3 Å². The fourth-order valence-electron chi connectivity index (χ4n) is 1.61. The molecule has 0 amide bonds. The van der Waals surface area contributed by atoms with Gasteiger partial charge in [0.05, 0.1) is 13.2 Å². The largest absolute Gasteiger partial charge is 0.237 e. The van der Waals surface area contributed by atoms with Crippen molar-refractivity contribution in [1.29, 1.82) is 0 Å². The van der Waals surface area contributed by atoms with Gasteiger partial charge < -0.3 is 0 Å². The quantitative estimate of drug-likeness (QED) is 0.504. The standard InChI is InChI=1S/C9H18O2/c1-8-4-5-10-11-7-9(2,3)6-8/h8H,4-7H2,1-3H3. The van der Waals surface area contributed by atoms with Crippen molar-refractivity contribution >= 4 is 0 Å². The molecular formula is C9H18O2. The molecule has 0 aromatic rings. The molecule has 0 aliphatic carbocycles. The van der Waals surface area contributed by atoms with E-state index in [4.69, 9.17) is 9.78 Å². The summed E-state index contributed by atoms with van der Waals surface area (Å²) >= 11 is 0. The van der Waals surface area contributed by atoms with Crippen molar-refractivity contribution in [2.75, 3.05) is 13.2 Å². The van der Waals surface area contributed by atoms with E-state index in [0.29, 0.717) is 0 Å². The summed E-state index contributed by atoms with van der Waals surface area (Å²) in [6, 6.07) is 0. The van der Waals surface area contributed by atoms with Gasteiger partial charge in [-0.25, -0.2) is 9.78 Å². The minimum atomic E-state index is 0.278. The first-order valence-electron chi connectivity index (χ1n) is 4.34. The Hall–Kier alpha value is -0.0800. The Labute approximate surface area is 68.8 Å². The summed E-state index contributed by atoms with van der Waals surface area (Å²) in [6.07, 6.45) is 2.35. The van der Waals surface area contributed by atoms with Crippen molar-refractivity contribution in [2.45, 2.75) is 33.6 Å². The van der Waals surface area contributed by atoms with Gasteiger partial charge in [-0.1, -0.05) is 20.8 Å². The zero-order valence-electron chi connectivity index (χ0n) is 7.72. The molecule has 0 spiro atoms. The molecule has 2 heteroatoms. The average Bonchev–Trinajstić information content (AvgIpc) is 1.82. The lowest BCUT2D eigenvalue weighted by molar-refractivity contribution is -0.316. The van der Waals surface area contributed by atoms with E-state index in [1.165, 1.54) is 6.42 Å². The van der Waals surface area contributed by atoms with Crippen LogP contribution in [0.5, 0.6) is 0 Å². The molecule has 0 N–H and O–H groups in total. The molecule has 1 aliphatic heterocycles. The van der Waals surface area contributed by atoms with Gasteiger partial charge in [0.1, 0.15) is 0 Å². The van der Waals surface area contributed by atoms with Crippen LogP contribution in [0.15, 0.2) is 0 Å². The zero-order valence-corrected chi connectivity index (χ0v) is 7.72. The third-order valence-corrected chi connectivity index (χ3v) is 2.13. The minimum Gasteiger partial charge on any atom is -0.237 e. The summed E-state index contributed by atoms with van der Waals surface area (Å²) in [7, 11) is 0. The second-order valence-electron chi connectivity index (χ2n) is 4.35. The summed E-state index contributed by atoms with van der Waals surface area (Å²) in [5, 5.41) is 0. The highest BCUT2D eigenvalue weighted by Crippen LogP contribution is 2.28. The van der Waals surface area contributed by atoms with Crippen LogP contribution in [0.2, 0.25) is 0 Å². The Balaban J connectivity index is 2.42. The molecule has 1 saturated heterocycles. The summed E-state index contributed by atoms with van der Waals surface area (Å²) in [4.78, 5) is 10.0. The topological polar surface area (TPSA) is 18.5 Å². The Bertz CT molecular complexity index is 121. The minimum absolute atomic E-state index is 0.278. The van der Waals surface area contributed by atoms with Gasteiger partial charge in [0.25, 0.3) is 0 Å². The first kappa shape index (κ1) is 9.01. The van der Waals surface area contributed by atoms with E-state index in [9.17, 15) is 0 Å². The van der Waals surface area contributed by atoms with Crippen molar-refractivity contribution < 1.29 is 9.78 Å². The molecule has 0 aromatic carbocycles. The van der Waals surface area contributed by atoms with Crippen LogP contribution in [0.25, 0.3) is 0 Å². The molecule has 2 nitrogen and oxygen atoms in total. The van der Waals surface area contributed by atoms with E-state index < -0.39 is 0 Å². The van der Waals surface area contributed by atoms with Gasteiger partial charge in [0.2, 0.25) is 0 Å². The van der Waals surface area contributed by atoms with Crippen molar-refractivity contribution in [3.63, 3.8) is 0 Å². The van der Waals surface area contributed by atoms with Crippen LogP contribution in [-0.4, -0.2) is 13.2 Å². The molecule has 0 radical (unpaired) electrons. The maximum atomic E-state index is 5.04. The van der Waals surface area contributed by atoms with E-state index in [1.54, 1.807) is 0 Å². The molecule has 1 atom stereocenters. The molecule has 0 saturated carbocycles. The van der Waals surface area contributed by atoms with E-state index >= 15 is 0 Å². The molecule has 0 aromatic heterocycles. The van der Waals surface area contributed by atoms with Gasteiger partial charge in [-0.2, -0.15) is 0 Å². The van der Waals surface area contributed by atoms with E-state index in [2.05, 4.69) is 20.8 Å². The van der Waals surface area contributed by atoms with Crippen LogP contribution in [0.1, 0.15) is 33.6 Å². The lowest BCUT2D eigenvalue weighted by Gasteiger charge is -2.29. The lowest BCUT2D eigenvalue weighted by Crippen LogP contribution is -2.25. The first-order valence-corrected chi connectivity index (χ1v) is 4.34. The second-order valence-corrected chi connectivity index (χ2v) is 4.35. The third kappa shape index (κ3) is 3.21. The van der Waals surface area contributed by atoms with Gasteiger partial charge in [0, 0.05) is 0 Å². The Morgan fingerprint density at radius 3 is 2.73 bits per heavy atom. The van der Waals surface area contributed by atoms with Crippen LogP contribution in [-0.2, 0) is 9.78 Å². The number of hydrogen-bond acceptors (Lipinski definition) is 2. The van der Waals surface area contributed by atoms with Crippen molar-refractivity contribution in [1.82, 2.24) is 0 Å². The molecule has 1 unspecified atom stereocenters. The molecule has 1 fully saturated rings.